The van der Waals surface area contributed by atoms with Gasteiger partial charge in [-0.05, 0) is 42.8 Å². The second-order valence-corrected chi connectivity index (χ2v) is 10.6. The molecule has 0 spiro atoms. The predicted octanol–water partition coefficient (Wildman–Crippen LogP) is 4.56. The molecule has 0 aliphatic rings. The van der Waals surface area contributed by atoms with Crippen LogP contribution in [0, 0.1) is 6.92 Å². The molecule has 0 fully saturated rings. The predicted molar refractivity (Wildman–Crippen MR) is 123 cm³/mol. The van der Waals surface area contributed by atoms with Gasteiger partial charge in [-0.15, -0.1) is 0 Å². The molecule has 0 saturated carbocycles. The minimum Gasteiger partial charge on any atom is -0.219 e. The van der Waals surface area contributed by atoms with Crippen LogP contribution in [0.3, 0.4) is 0 Å². The molecular weight excluding hydrogens is 430 g/mol. The van der Waals surface area contributed by atoms with Gasteiger partial charge in [0.15, 0.2) is 0 Å². The zero-order chi connectivity index (χ0) is 22.5. The second kappa shape index (κ2) is 9.43. The van der Waals surface area contributed by atoms with E-state index in [4.69, 9.17) is 0 Å². The Balaban J connectivity index is 2.16. The van der Waals surface area contributed by atoms with Gasteiger partial charge in [-0.3, -0.25) is 0 Å². The molecule has 7 heteroatoms. The third-order valence-corrected chi connectivity index (χ3v) is 7.99. The molecule has 5 nitrogen and oxygen atoms in total. The lowest BCUT2D eigenvalue weighted by atomic mass is 10.1. The number of hydrogen-bond donors (Lipinski definition) is 1. The van der Waals surface area contributed by atoms with Gasteiger partial charge in [0.2, 0.25) is 19.9 Å². The molecule has 0 aliphatic heterocycles. The Morgan fingerprint density at radius 1 is 0.806 bits per heavy atom. The van der Waals surface area contributed by atoms with Crippen LogP contribution >= 0.6 is 0 Å². The highest BCUT2D eigenvalue weighted by Crippen LogP contribution is 2.32. The van der Waals surface area contributed by atoms with Crippen LogP contribution in [0.4, 0.5) is 0 Å². The maximum atomic E-state index is 13.5. The fourth-order valence-electron chi connectivity index (χ4n) is 3.07. The van der Waals surface area contributed by atoms with Crippen molar-refractivity contribution in [3.8, 4) is 0 Å². The Bertz CT molecular complexity index is 1280. The second-order valence-electron chi connectivity index (χ2n) is 6.90. The van der Waals surface area contributed by atoms with Crippen molar-refractivity contribution in [2.45, 2.75) is 22.8 Å². The Labute approximate surface area is 183 Å². The van der Waals surface area contributed by atoms with Crippen LogP contribution in [0.1, 0.15) is 17.2 Å². The van der Waals surface area contributed by atoms with E-state index >= 15 is 0 Å². The van der Waals surface area contributed by atoms with E-state index in [0.29, 0.717) is 5.56 Å². The lowest BCUT2D eigenvalue weighted by Crippen LogP contribution is -2.32. The van der Waals surface area contributed by atoms with Crippen LogP contribution in [0.5, 0.6) is 0 Å². The van der Waals surface area contributed by atoms with Crippen molar-refractivity contribution in [1.29, 1.82) is 0 Å². The summed E-state index contributed by atoms with van der Waals surface area (Å²) < 4.78 is 55.8. The summed E-state index contributed by atoms with van der Waals surface area (Å²) >= 11 is 0. The zero-order valence-corrected chi connectivity index (χ0v) is 18.6. The molecule has 1 N–H and O–H groups in total. The van der Waals surface area contributed by atoms with E-state index in [2.05, 4.69) is 11.3 Å². The van der Waals surface area contributed by atoms with E-state index in [1.54, 1.807) is 60.7 Å². The molecule has 3 aromatic carbocycles. The summed E-state index contributed by atoms with van der Waals surface area (Å²) in [7, 11) is -8.03. The third kappa shape index (κ3) is 5.19. The Hall–Kier alpha value is -3.00. The maximum Gasteiger partial charge on any atom is 0.241 e. The van der Waals surface area contributed by atoms with Crippen LogP contribution < -0.4 is 4.72 Å². The summed E-state index contributed by atoms with van der Waals surface area (Å²) in [6, 6.07) is 21.7. The summed E-state index contributed by atoms with van der Waals surface area (Å²) in [5.41, 5.74) is 1.41. The van der Waals surface area contributed by atoms with E-state index in [-0.39, 0.29) is 14.7 Å². The Morgan fingerprint density at radius 2 is 1.35 bits per heavy atom. The van der Waals surface area contributed by atoms with Crippen molar-refractivity contribution in [3.63, 3.8) is 0 Å². The van der Waals surface area contributed by atoms with Crippen molar-refractivity contribution < 1.29 is 16.8 Å². The number of nitrogens with one attached hydrogen (secondary N) is 1. The molecule has 160 valence electrons. The first-order valence-electron chi connectivity index (χ1n) is 9.52. The van der Waals surface area contributed by atoms with E-state index in [1.165, 1.54) is 36.4 Å². The minimum atomic E-state index is -4.02. The van der Waals surface area contributed by atoms with Gasteiger partial charge < -0.3 is 0 Å². The molecule has 0 saturated heterocycles. The average Bonchev–Trinajstić information content (AvgIpc) is 2.77. The third-order valence-electron chi connectivity index (χ3n) is 4.67. The summed E-state index contributed by atoms with van der Waals surface area (Å²) in [6.45, 7) is 5.49. The summed E-state index contributed by atoms with van der Waals surface area (Å²) in [6.07, 6.45) is 2.67. The molecule has 1 unspecified atom stereocenters. The number of sulfonamides is 1. The highest BCUT2D eigenvalue weighted by Gasteiger charge is 2.32. The number of sulfone groups is 1. The fraction of sp³-hybridized carbons (Fsp3) is 0.0833. The van der Waals surface area contributed by atoms with Gasteiger partial charge in [0.25, 0.3) is 0 Å². The number of rotatable bonds is 8. The van der Waals surface area contributed by atoms with Gasteiger partial charge >= 0.3 is 0 Å². The molecule has 0 radical (unpaired) electrons. The van der Waals surface area contributed by atoms with E-state index in [0.717, 1.165) is 5.56 Å². The number of aryl methyl sites for hydroxylation is 1. The van der Waals surface area contributed by atoms with Crippen LogP contribution in [0.2, 0.25) is 0 Å². The maximum absolute atomic E-state index is 13.5. The number of benzene rings is 3. The van der Waals surface area contributed by atoms with Gasteiger partial charge in [0.05, 0.1) is 20.7 Å². The van der Waals surface area contributed by atoms with Gasteiger partial charge in [0.1, 0.15) is 0 Å². The Kier molecular flexibility index (Phi) is 6.90. The van der Waals surface area contributed by atoms with Crippen LogP contribution in [-0.2, 0) is 19.9 Å². The van der Waals surface area contributed by atoms with E-state index in [9.17, 15) is 16.8 Å². The van der Waals surface area contributed by atoms with Crippen molar-refractivity contribution >= 4 is 19.9 Å². The zero-order valence-electron chi connectivity index (χ0n) is 17.0. The first-order chi connectivity index (χ1) is 14.8. The Morgan fingerprint density at radius 3 is 1.90 bits per heavy atom. The summed E-state index contributed by atoms with van der Waals surface area (Å²) in [4.78, 5) is 0.00437. The van der Waals surface area contributed by atoms with Crippen LogP contribution in [0.25, 0.3) is 0 Å². The number of allylic oxidation sites excluding steroid dienone is 2. The van der Waals surface area contributed by atoms with Crippen molar-refractivity contribution in [3.05, 3.63) is 120 Å². The molecule has 0 aromatic heterocycles. The highest BCUT2D eigenvalue weighted by molar-refractivity contribution is 7.95. The summed E-state index contributed by atoms with van der Waals surface area (Å²) in [5, 5.41) is 0. The first-order valence-corrected chi connectivity index (χ1v) is 12.5. The van der Waals surface area contributed by atoms with Crippen LogP contribution in [0.15, 0.2) is 118 Å². The average molecular weight is 454 g/mol. The minimum absolute atomic E-state index is 0.0432. The van der Waals surface area contributed by atoms with Gasteiger partial charge in [-0.1, -0.05) is 78.9 Å². The standard InChI is InChI=1S/C24H23NO4S2/c1-3-10-23(30(26,27)21-17-15-19(2)16-18-21)24(20-11-6-4-7-12-20)25-31(28,29)22-13-8-5-9-14-22/h3-18,24-25H,1H2,2H3/b23-10-. The topological polar surface area (TPSA) is 80.3 Å². The van der Waals surface area contributed by atoms with Gasteiger partial charge in [0, 0.05) is 0 Å². The van der Waals surface area contributed by atoms with Crippen molar-refractivity contribution in [2.75, 3.05) is 0 Å². The lowest BCUT2D eigenvalue weighted by molar-refractivity contribution is 0.569. The molecular formula is C24H23NO4S2. The fourth-order valence-corrected chi connectivity index (χ4v) is 5.92. The largest absolute Gasteiger partial charge is 0.241 e. The van der Waals surface area contributed by atoms with Gasteiger partial charge in [-0.2, -0.15) is 4.72 Å². The normalized spacial score (nSPS) is 13.5. The van der Waals surface area contributed by atoms with E-state index < -0.39 is 25.9 Å². The monoisotopic (exact) mass is 453 g/mol. The SMILES string of the molecule is C=C/C=C(/C(NS(=O)(=O)c1ccccc1)c1ccccc1)S(=O)(=O)c1ccc(C)cc1. The molecule has 0 aliphatic carbocycles. The van der Waals surface area contributed by atoms with Crippen LogP contribution in [-0.4, -0.2) is 16.8 Å². The molecule has 31 heavy (non-hydrogen) atoms. The lowest BCUT2D eigenvalue weighted by Gasteiger charge is -2.22. The van der Waals surface area contributed by atoms with Crippen molar-refractivity contribution in [2.24, 2.45) is 0 Å². The smallest absolute Gasteiger partial charge is 0.219 e. The first kappa shape index (κ1) is 22.7. The molecule has 0 bridgehead atoms. The quantitative estimate of drug-likeness (QED) is 0.507. The summed E-state index contributed by atoms with van der Waals surface area (Å²) in [5.74, 6) is 0. The number of hydrogen-bond acceptors (Lipinski definition) is 4. The molecule has 3 aromatic rings. The van der Waals surface area contributed by atoms with E-state index in [1.807, 2.05) is 6.92 Å². The molecule has 0 heterocycles. The van der Waals surface area contributed by atoms with Crippen molar-refractivity contribution in [1.82, 2.24) is 4.72 Å². The molecule has 3 rings (SSSR count). The molecule has 1 atom stereocenters. The highest BCUT2D eigenvalue weighted by atomic mass is 32.2. The van der Waals surface area contributed by atoms with Gasteiger partial charge in [-0.25, -0.2) is 16.8 Å². The molecule has 0 amide bonds.